The van der Waals surface area contributed by atoms with Crippen LogP contribution in [0.15, 0.2) is 24.3 Å². The molecule has 2 rings (SSSR count). The van der Waals surface area contributed by atoms with E-state index in [0.717, 1.165) is 16.5 Å². The maximum Gasteiger partial charge on any atom is 0.119 e. The van der Waals surface area contributed by atoms with Crippen LogP contribution in [0.3, 0.4) is 0 Å². The van der Waals surface area contributed by atoms with Crippen molar-refractivity contribution < 1.29 is 4.74 Å². The summed E-state index contributed by atoms with van der Waals surface area (Å²) in [5.74, 6) is 0.897. The summed E-state index contributed by atoms with van der Waals surface area (Å²) in [6.07, 6.45) is 0. The largest absolute Gasteiger partial charge is 0.497 e. The fourth-order valence-electron chi connectivity index (χ4n) is 2.41. The van der Waals surface area contributed by atoms with E-state index in [-0.39, 0.29) is 6.04 Å². The Hall–Kier alpha value is -1.39. The zero-order chi connectivity index (χ0) is 14.7. The van der Waals surface area contributed by atoms with Crippen molar-refractivity contribution in [3.63, 3.8) is 0 Å². The fraction of sp³-hybridized carbons (Fsp3) is 0.438. The Morgan fingerprint density at radius 1 is 1.20 bits per heavy atom. The first-order valence-electron chi connectivity index (χ1n) is 6.85. The number of hydrogen-bond acceptors (Lipinski definition) is 4. The SMILES string of the molecule is COc1cccc(C(C)NC(C)c2sc(C)nc2C)c1. The van der Waals surface area contributed by atoms with Crippen molar-refractivity contribution in [2.75, 3.05) is 7.11 Å². The van der Waals surface area contributed by atoms with Crippen LogP contribution in [0.5, 0.6) is 5.75 Å². The Kier molecular flexibility index (Phi) is 4.78. The molecule has 0 spiro atoms. The van der Waals surface area contributed by atoms with E-state index in [9.17, 15) is 0 Å². The molecule has 1 aromatic carbocycles. The van der Waals surface area contributed by atoms with E-state index in [0.29, 0.717) is 6.04 Å². The number of thiazole rings is 1. The lowest BCUT2D eigenvalue weighted by Crippen LogP contribution is -2.22. The zero-order valence-corrected chi connectivity index (χ0v) is 13.5. The van der Waals surface area contributed by atoms with Gasteiger partial charge in [0.25, 0.3) is 0 Å². The summed E-state index contributed by atoms with van der Waals surface area (Å²) in [5.41, 5.74) is 2.36. The first-order chi connectivity index (χ1) is 9.51. The molecule has 20 heavy (non-hydrogen) atoms. The molecule has 108 valence electrons. The molecule has 4 heteroatoms. The Labute approximate surface area is 125 Å². The molecule has 0 fully saturated rings. The van der Waals surface area contributed by atoms with Gasteiger partial charge >= 0.3 is 0 Å². The van der Waals surface area contributed by atoms with Gasteiger partial charge in [-0.3, -0.25) is 0 Å². The second kappa shape index (κ2) is 6.37. The normalized spacial score (nSPS) is 14.1. The van der Waals surface area contributed by atoms with Crippen molar-refractivity contribution in [1.82, 2.24) is 10.3 Å². The molecule has 3 nitrogen and oxygen atoms in total. The summed E-state index contributed by atoms with van der Waals surface area (Å²) in [7, 11) is 1.70. The Bertz CT molecular complexity index is 580. The third-order valence-electron chi connectivity index (χ3n) is 3.43. The van der Waals surface area contributed by atoms with Crippen LogP contribution in [0.25, 0.3) is 0 Å². The highest BCUT2D eigenvalue weighted by molar-refractivity contribution is 7.11. The number of hydrogen-bond donors (Lipinski definition) is 1. The summed E-state index contributed by atoms with van der Waals surface area (Å²) in [5, 5.41) is 4.76. The van der Waals surface area contributed by atoms with Gasteiger partial charge in [-0.25, -0.2) is 4.98 Å². The van der Waals surface area contributed by atoms with E-state index in [1.165, 1.54) is 10.4 Å². The van der Waals surface area contributed by atoms with Crippen LogP contribution < -0.4 is 10.1 Å². The van der Waals surface area contributed by atoms with Gasteiger partial charge in [-0.15, -0.1) is 11.3 Å². The molecule has 0 amide bonds. The van der Waals surface area contributed by atoms with Gasteiger partial charge in [0.05, 0.1) is 17.8 Å². The van der Waals surface area contributed by atoms with Crippen molar-refractivity contribution in [2.45, 2.75) is 39.8 Å². The van der Waals surface area contributed by atoms with Gasteiger partial charge in [0.15, 0.2) is 0 Å². The number of nitrogens with one attached hydrogen (secondary N) is 1. The molecule has 2 aromatic rings. The molecule has 0 saturated carbocycles. The van der Waals surface area contributed by atoms with Gasteiger partial charge < -0.3 is 10.1 Å². The molecule has 0 saturated heterocycles. The van der Waals surface area contributed by atoms with Crippen LogP contribution in [0.4, 0.5) is 0 Å². The number of rotatable bonds is 5. The summed E-state index contributed by atoms with van der Waals surface area (Å²) in [6.45, 7) is 8.50. The minimum Gasteiger partial charge on any atom is -0.497 e. The summed E-state index contributed by atoms with van der Waals surface area (Å²) in [4.78, 5) is 5.81. The molecule has 0 radical (unpaired) electrons. The molecular formula is C16H22N2OS. The second-order valence-corrected chi connectivity index (χ2v) is 6.30. The molecule has 0 aliphatic heterocycles. The highest BCUT2D eigenvalue weighted by Gasteiger charge is 2.16. The molecule has 0 bridgehead atoms. The third-order valence-corrected chi connectivity index (χ3v) is 4.68. The van der Waals surface area contributed by atoms with Crippen molar-refractivity contribution >= 4 is 11.3 Å². The molecule has 1 heterocycles. The predicted molar refractivity (Wildman–Crippen MR) is 84.5 cm³/mol. The molecule has 2 unspecified atom stereocenters. The maximum absolute atomic E-state index is 5.28. The first kappa shape index (κ1) is 15.0. The smallest absolute Gasteiger partial charge is 0.119 e. The summed E-state index contributed by atoms with van der Waals surface area (Å²) in [6, 6.07) is 8.76. The highest BCUT2D eigenvalue weighted by atomic mass is 32.1. The average molecular weight is 290 g/mol. The number of ether oxygens (including phenoxy) is 1. The fourth-order valence-corrected chi connectivity index (χ4v) is 3.35. The van der Waals surface area contributed by atoms with E-state index in [4.69, 9.17) is 4.74 Å². The second-order valence-electron chi connectivity index (χ2n) is 5.07. The summed E-state index contributed by atoms with van der Waals surface area (Å²) < 4.78 is 5.28. The van der Waals surface area contributed by atoms with Crippen LogP contribution in [0, 0.1) is 13.8 Å². The molecular weight excluding hydrogens is 268 g/mol. The third kappa shape index (κ3) is 3.38. The van der Waals surface area contributed by atoms with Gasteiger partial charge in [0.1, 0.15) is 5.75 Å². The van der Waals surface area contributed by atoms with Crippen molar-refractivity contribution in [1.29, 1.82) is 0 Å². The van der Waals surface area contributed by atoms with Crippen LogP contribution >= 0.6 is 11.3 Å². The van der Waals surface area contributed by atoms with Crippen LogP contribution in [-0.2, 0) is 0 Å². The van der Waals surface area contributed by atoms with Crippen LogP contribution in [-0.4, -0.2) is 12.1 Å². The Balaban J connectivity index is 2.10. The number of methoxy groups -OCH3 is 1. The predicted octanol–water partition coefficient (Wildman–Crippen LogP) is 4.18. The van der Waals surface area contributed by atoms with E-state index in [1.54, 1.807) is 18.4 Å². The van der Waals surface area contributed by atoms with Crippen molar-refractivity contribution in [3.05, 3.63) is 45.4 Å². The Morgan fingerprint density at radius 2 is 1.95 bits per heavy atom. The van der Waals surface area contributed by atoms with Gasteiger partial charge in [-0.1, -0.05) is 12.1 Å². The minimum absolute atomic E-state index is 0.266. The number of aryl methyl sites for hydroxylation is 2. The molecule has 1 aromatic heterocycles. The van der Waals surface area contributed by atoms with Crippen LogP contribution in [0.2, 0.25) is 0 Å². The van der Waals surface area contributed by atoms with E-state index in [1.807, 2.05) is 12.1 Å². The van der Waals surface area contributed by atoms with E-state index < -0.39 is 0 Å². The molecule has 2 atom stereocenters. The molecule has 0 aliphatic carbocycles. The zero-order valence-electron chi connectivity index (χ0n) is 12.7. The molecule has 1 N–H and O–H groups in total. The van der Waals surface area contributed by atoms with E-state index in [2.05, 4.69) is 50.1 Å². The first-order valence-corrected chi connectivity index (χ1v) is 7.67. The van der Waals surface area contributed by atoms with E-state index >= 15 is 0 Å². The van der Waals surface area contributed by atoms with Crippen molar-refractivity contribution in [3.8, 4) is 5.75 Å². The summed E-state index contributed by atoms with van der Waals surface area (Å²) >= 11 is 1.77. The number of aromatic nitrogens is 1. The maximum atomic E-state index is 5.28. The van der Waals surface area contributed by atoms with Gasteiger partial charge in [0, 0.05) is 17.0 Å². The lowest BCUT2D eigenvalue weighted by Gasteiger charge is -2.20. The molecule has 0 aliphatic rings. The quantitative estimate of drug-likeness (QED) is 0.897. The monoisotopic (exact) mass is 290 g/mol. The Morgan fingerprint density at radius 3 is 2.55 bits per heavy atom. The lowest BCUT2D eigenvalue weighted by molar-refractivity contribution is 0.412. The van der Waals surface area contributed by atoms with Gasteiger partial charge in [0.2, 0.25) is 0 Å². The van der Waals surface area contributed by atoms with Crippen LogP contribution in [0.1, 0.15) is 47.1 Å². The standard InChI is InChI=1S/C16H22N2OS/c1-10(14-7-6-8-15(9-14)19-5)17-11(2)16-12(3)18-13(4)20-16/h6-11,17H,1-5H3. The van der Waals surface area contributed by atoms with Crippen molar-refractivity contribution in [2.24, 2.45) is 0 Å². The van der Waals surface area contributed by atoms with Gasteiger partial charge in [-0.05, 0) is 45.4 Å². The minimum atomic E-state index is 0.266. The topological polar surface area (TPSA) is 34.1 Å². The number of benzene rings is 1. The lowest BCUT2D eigenvalue weighted by atomic mass is 10.1. The highest BCUT2D eigenvalue weighted by Crippen LogP contribution is 2.27. The number of nitrogens with zero attached hydrogens (tertiary/aromatic N) is 1. The van der Waals surface area contributed by atoms with Gasteiger partial charge in [-0.2, -0.15) is 0 Å². The average Bonchev–Trinajstić information content (AvgIpc) is 2.77.